The molecule has 118 valence electrons. The lowest BCUT2D eigenvalue weighted by atomic mass is 9.97. The molecule has 1 unspecified atom stereocenters. The number of ether oxygens (including phenoxy) is 2. The van der Waals surface area contributed by atoms with E-state index in [1.165, 1.54) is 0 Å². The van der Waals surface area contributed by atoms with Crippen molar-refractivity contribution in [1.82, 2.24) is 5.32 Å². The summed E-state index contributed by atoms with van der Waals surface area (Å²) in [6, 6.07) is 7.34. The van der Waals surface area contributed by atoms with Crippen LogP contribution in [0.1, 0.15) is 12.8 Å². The SMILES string of the molecule is CNC(=O)C1CN(C(=O)C2CCOCC2)c2ccccc2O1. The van der Waals surface area contributed by atoms with Crippen LogP contribution < -0.4 is 15.0 Å². The largest absolute Gasteiger partial charge is 0.477 e. The van der Waals surface area contributed by atoms with Crippen LogP contribution in [0.3, 0.4) is 0 Å². The molecule has 3 rings (SSSR count). The van der Waals surface area contributed by atoms with Gasteiger partial charge in [0.25, 0.3) is 5.91 Å². The van der Waals surface area contributed by atoms with E-state index in [-0.39, 0.29) is 24.3 Å². The van der Waals surface area contributed by atoms with Gasteiger partial charge in [0.2, 0.25) is 5.91 Å². The Labute approximate surface area is 129 Å². The number of benzene rings is 1. The Hall–Kier alpha value is -2.08. The van der Waals surface area contributed by atoms with E-state index in [9.17, 15) is 9.59 Å². The Kier molecular flexibility index (Phi) is 4.29. The number of nitrogens with zero attached hydrogens (tertiary/aromatic N) is 1. The fraction of sp³-hybridized carbons (Fsp3) is 0.500. The first-order chi connectivity index (χ1) is 10.7. The Bertz CT molecular complexity index is 569. The first-order valence-corrected chi connectivity index (χ1v) is 7.57. The molecule has 6 heteroatoms. The molecule has 2 aliphatic rings. The van der Waals surface area contributed by atoms with E-state index in [2.05, 4.69) is 5.32 Å². The molecule has 6 nitrogen and oxygen atoms in total. The fourth-order valence-corrected chi connectivity index (χ4v) is 2.91. The first kappa shape index (κ1) is 14.8. The number of rotatable bonds is 2. The second kappa shape index (κ2) is 6.36. The highest BCUT2D eigenvalue weighted by atomic mass is 16.5. The lowest BCUT2D eigenvalue weighted by molar-refractivity contribution is -0.129. The molecule has 2 amide bonds. The lowest BCUT2D eigenvalue weighted by Crippen LogP contribution is -2.51. The van der Waals surface area contributed by atoms with Crippen LogP contribution in [0.25, 0.3) is 0 Å². The Balaban J connectivity index is 1.87. The van der Waals surface area contributed by atoms with E-state index >= 15 is 0 Å². The summed E-state index contributed by atoms with van der Waals surface area (Å²) in [7, 11) is 1.57. The van der Waals surface area contributed by atoms with Crippen LogP contribution in [0.4, 0.5) is 5.69 Å². The standard InChI is InChI=1S/C16H20N2O4/c1-17-15(19)14-10-18(12-4-2-3-5-13(12)22-14)16(20)11-6-8-21-9-7-11/h2-5,11,14H,6-10H2,1H3,(H,17,19). The Morgan fingerprint density at radius 3 is 2.68 bits per heavy atom. The summed E-state index contributed by atoms with van der Waals surface area (Å²) >= 11 is 0. The van der Waals surface area contributed by atoms with Crippen molar-refractivity contribution in [3.05, 3.63) is 24.3 Å². The van der Waals surface area contributed by atoms with Crippen molar-refractivity contribution in [3.63, 3.8) is 0 Å². The zero-order valence-corrected chi connectivity index (χ0v) is 12.6. The number of para-hydroxylation sites is 2. The van der Waals surface area contributed by atoms with Crippen LogP contribution >= 0.6 is 0 Å². The predicted octanol–water partition coefficient (Wildman–Crippen LogP) is 0.953. The summed E-state index contributed by atoms with van der Waals surface area (Å²) in [5.41, 5.74) is 0.735. The number of nitrogens with one attached hydrogen (secondary N) is 1. The summed E-state index contributed by atoms with van der Waals surface area (Å²) < 4.78 is 11.0. The first-order valence-electron chi connectivity index (χ1n) is 7.57. The van der Waals surface area contributed by atoms with Gasteiger partial charge in [-0.15, -0.1) is 0 Å². The van der Waals surface area contributed by atoms with Crippen LogP contribution in [-0.4, -0.2) is 44.7 Å². The highest BCUT2D eigenvalue weighted by Crippen LogP contribution is 2.35. The fourth-order valence-electron chi connectivity index (χ4n) is 2.91. The van der Waals surface area contributed by atoms with Gasteiger partial charge in [0.1, 0.15) is 5.75 Å². The Morgan fingerprint density at radius 2 is 1.95 bits per heavy atom. The second-order valence-electron chi connectivity index (χ2n) is 5.52. The van der Waals surface area contributed by atoms with E-state index in [1.807, 2.05) is 18.2 Å². The quantitative estimate of drug-likeness (QED) is 0.883. The average Bonchev–Trinajstić information content (AvgIpc) is 2.60. The molecule has 1 aromatic rings. The van der Waals surface area contributed by atoms with Gasteiger partial charge < -0.3 is 19.7 Å². The summed E-state index contributed by atoms with van der Waals surface area (Å²) in [5, 5.41) is 2.58. The highest BCUT2D eigenvalue weighted by molar-refractivity contribution is 5.98. The number of carbonyl (C=O) groups is 2. The maximum Gasteiger partial charge on any atom is 0.262 e. The maximum absolute atomic E-state index is 12.9. The molecule has 0 radical (unpaired) electrons. The van der Waals surface area contributed by atoms with Crippen LogP contribution in [0.15, 0.2) is 24.3 Å². The number of hydrogen-bond acceptors (Lipinski definition) is 4. The molecule has 22 heavy (non-hydrogen) atoms. The molecule has 0 spiro atoms. The van der Waals surface area contributed by atoms with Gasteiger partial charge in [-0.25, -0.2) is 0 Å². The predicted molar refractivity (Wildman–Crippen MR) is 80.8 cm³/mol. The van der Waals surface area contributed by atoms with E-state index in [4.69, 9.17) is 9.47 Å². The van der Waals surface area contributed by atoms with Crippen LogP contribution in [0.2, 0.25) is 0 Å². The van der Waals surface area contributed by atoms with Crippen molar-refractivity contribution in [2.24, 2.45) is 5.92 Å². The minimum atomic E-state index is -0.677. The average molecular weight is 304 g/mol. The molecule has 1 fully saturated rings. The smallest absolute Gasteiger partial charge is 0.262 e. The summed E-state index contributed by atoms with van der Waals surface area (Å²) in [4.78, 5) is 26.5. The molecule has 2 heterocycles. The van der Waals surface area contributed by atoms with Crippen molar-refractivity contribution in [3.8, 4) is 5.75 Å². The third-order valence-electron chi connectivity index (χ3n) is 4.15. The number of hydrogen-bond donors (Lipinski definition) is 1. The minimum absolute atomic E-state index is 0.0490. The van der Waals surface area contributed by atoms with Gasteiger partial charge in [-0.3, -0.25) is 9.59 Å². The molecule has 2 aliphatic heterocycles. The topological polar surface area (TPSA) is 67.9 Å². The maximum atomic E-state index is 12.9. The molecule has 0 aromatic heterocycles. The van der Waals surface area contributed by atoms with E-state index in [0.29, 0.717) is 19.0 Å². The van der Waals surface area contributed by atoms with Crippen LogP contribution in [0, 0.1) is 5.92 Å². The molecule has 1 saturated heterocycles. The number of likely N-dealkylation sites (N-methyl/N-ethyl adjacent to an activating group) is 1. The van der Waals surface area contributed by atoms with Crippen molar-refractivity contribution < 1.29 is 19.1 Å². The van der Waals surface area contributed by atoms with Crippen molar-refractivity contribution >= 4 is 17.5 Å². The second-order valence-corrected chi connectivity index (χ2v) is 5.52. The molecule has 0 aliphatic carbocycles. The number of amides is 2. The van der Waals surface area contributed by atoms with Gasteiger partial charge in [-0.2, -0.15) is 0 Å². The lowest BCUT2D eigenvalue weighted by Gasteiger charge is -2.36. The number of carbonyl (C=O) groups excluding carboxylic acids is 2. The molecular weight excluding hydrogens is 284 g/mol. The van der Waals surface area contributed by atoms with Gasteiger partial charge in [0.15, 0.2) is 6.10 Å². The zero-order chi connectivity index (χ0) is 15.5. The van der Waals surface area contributed by atoms with Gasteiger partial charge in [-0.1, -0.05) is 12.1 Å². The number of fused-ring (bicyclic) bond motifs is 1. The molecule has 1 atom stereocenters. The zero-order valence-electron chi connectivity index (χ0n) is 12.6. The van der Waals surface area contributed by atoms with E-state index in [1.54, 1.807) is 18.0 Å². The van der Waals surface area contributed by atoms with Gasteiger partial charge >= 0.3 is 0 Å². The number of anilines is 1. The van der Waals surface area contributed by atoms with Crippen molar-refractivity contribution in [2.75, 3.05) is 31.7 Å². The third-order valence-corrected chi connectivity index (χ3v) is 4.15. The molecule has 1 aromatic carbocycles. The monoisotopic (exact) mass is 304 g/mol. The summed E-state index contributed by atoms with van der Waals surface area (Å²) in [6.45, 7) is 1.47. The van der Waals surface area contributed by atoms with Crippen LogP contribution in [0.5, 0.6) is 5.75 Å². The van der Waals surface area contributed by atoms with Gasteiger partial charge in [-0.05, 0) is 25.0 Å². The van der Waals surface area contributed by atoms with Gasteiger partial charge in [0, 0.05) is 26.2 Å². The van der Waals surface area contributed by atoms with Crippen LogP contribution in [-0.2, 0) is 14.3 Å². The van der Waals surface area contributed by atoms with E-state index in [0.717, 1.165) is 18.5 Å². The molecule has 0 bridgehead atoms. The van der Waals surface area contributed by atoms with Crippen molar-refractivity contribution in [2.45, 2.75) is 18.9 Å². The molecule has 1 N–H and O–H groups in total. The third kappa shape index (κ3) is 2.78. The van der Waals surface area contributed by atoms with E-state index < -0.39 is 6.10 Å². The molecule has 0 saturated carbocycles. The normalized spacial score (nSPS) is 21.7. The Morgan fingerprint density at radius 1 is 1.23 bits per heavy atom. The van der Waals surface area contributed by atoms with Crippen molar-refractivity contribution in [1.29, 1.82) is 0 Å². The summed E-state index contributed by atoms with van der Waals surface area (Å²) in [5.74, 6) is 0.347. The van der Waals surface area contributed by atoms with Gasteiger partial charge in [0.05, 0.1) is 12.2 Å². The highest BCUT2D eigenvalue weighted by Gasteiger charge is 2.36. The minimum Gasteiger partial charge on any atom is -0.477 e. The summed E-state index contributed by atoms with van der Waals surface area (Å²) in [6.07, 6.45) is 0.773. The molecular formula is C16H20N2O4.